The molecule has 1 saturated heterocycles. The van der Waals surface area contributed by atoms with Crippen LogP contribution in [-0.2, 0) is 4.74 Å². The van der Waals surface area contributed by atoms with Gasteiger partial charge in [-0.1, -0.05) is 6.92 Å². The standard InChI is InChI=1S/C14H25NO/c1-10(2)16-9-14(4-5-14)8-15-6-12-11(3)13(12)7-15/h10-13H,4-9H2,1-3H3/t11?,12-,13+. The molecule has 0 N–H and O–H groups in total. The Bertz CT molecular complexity index is 260. The lowest BCUT2D eigenvalue weighted by molar-refractivity contribution is 0.0319. The summed E-state index contributed by atoms with van der Waals surface area (Å²) in [5.41, 5.74) is 0.546. The lowest BCUT2D eigenvalue weighted by atomic mass is 10.1. The molecule has 3 rings (SSSR count). The van der Waals surface area contributed by atoms with Gasteiger partial charge in [-0.05, 0) is 44.4 Å². The number of ether oxygens (including phenoxy) is 1. The van der Waals surface area contributed by atoms with Crippen molar-refractivity contribution in [1.82, 2.24) is 4.90 Å². The number of rotatable bonds is 5. The van der Waals surface area contributed by atoms with Crippen molar-refractivity contribution in [3.8, 4) is 0 Å². The van der Waals surface area contributed by atoms with Gasteiger partial charge in [0, 0.05) is 25.0 Å². The molecule has 0 aromatic carbocycles. The normalized spacial score (nSPS) is 40.1. The SMILES string of the molecule is CC(C)OCC1(CN2C[C@@H]3C(C)[C@@H]3C2)CC1. The molecular formula is C14H25NO. The van der Waals surface area contributed by atoms with E-state index in [9.17, 15) is 0 Å². The van der Waals surface area contributed by atoms with E-state index in [1.54, 1.807) is 0 Å². The monoisotopic (exact) mass is 223 g/mol. The summed E-state index contributed by atoms with van der Waals surface area (Å²) in [6.45, 7) is 11.7. The summed E-state index contributed by atoms with van der Waals surface area (Å²) in [6.07, 6.45) is 3.17. The van der Waals surface area contributed by atoms with Crippen LogP contribution in [0.4, 0.5) is 0 Å². The zero-order valence-electron chi connectivity index (χ0n) is 10.9. The third-order valence-electron chi connectivity index (χ3n) is 4.94. The highest BCUT2D eigenvalue weighted by atomic mass is 16.5. The maximum absolute atomic E-state index is 5.81. The topological polar surface area (TPSA) is 12.5 Å². The van der Waals surface area contributed by atoms with Crippen LogP contribution in [0.5, 0.6) is 0 Å². The maximum atomic E-state index is 5.81. The van der Waals surface area contributed by atoms with Crippen molar-refractivity contribution >= 4 is 0 Å². The van der Waals surface area contributed by atoms with Crippen LogP contribution in [0.2, 0.25) is 0 Å². The lowest BCUT2D eigenvalue weighted by Gasteiger charge is -2.25. The highest BCUT2D eigenvalue weighted by molar-refractivity contribution is 5.05. The molecule has 0 amide bonds. The second-order valence-corrected chi connectivity index (χ2v) is 6.74. The van der Waals surface area contributed by atoms with Crippen LogP contribution in [0.1, 0.15) is 33.6 Å². The van der Waals surface area contributed by atoms with Crippen molar-refractivity contribution < 1.29 is 4.74 Å². The molecule has 2 heteroatoms. The number of hydrogen-bond acceptors (Lipinski definition) is 2. The van der Waals surface area contributed by atoms with E-state index in [-0.39, 0.29) is 0 Å². The van der Waals surface area contributed by atoms with Crippen LogP contribution in [-0.4, -0.2) is 37.2 Å². The fourth-order valence-corrected chi connectivity index (χ4v) is 3.38. The number of hydrogen-bond donors (Lipinski definition) is 0. The molecule has 2 nitrogen and oxygen atoms in total. The Balaban J connectivity index is 1.45. The summed E-state index contributed by atoms with van der Waals surface area (Å²) >= 11 is 0. The van der Waals surface area contributed by atoms with E-state index in [0.717, 1.165) is 24.4 Å². The summed E-state index contributed by atoms with van der Waals surface area (Å²) in [7, 11) is 0. The van der Waals surface area contributed by atoms with Gasteiger partial charge in [0.1, 0.15) is 0 Å². The molecule has 3 aliphatic rings. The van der Waals surface area contributed by atoms with Gasteiger partial charge in [-0.15, -0.1) is 0 Å². The zero-order valence-corrected chi connectivity index (χ0v) is 10.9. The predicted molar refractivity (Wildman–Crippen MR) is 65.3 cm³/mol. The molecule has 2 aliphatic carbocycles. The van der Waals surface area contributed by atoms with Crippen molar-refractivity contribution in [2.75, 3.05) is 26.2 Å². The first-order chi connectivity index (χ1) is 7.60. The van der Waals surface area contributed by atoms with Gasteiger partial charge >= 0.3 is 0 Å². The van der Waals surface area contributed by atoms with Gasteiger partial charge in [-0.25, -0.2) is 0 Å². The molecule has 1 heterocycles. The van der Waals surface area contributed by atoms with Crippen molar-refractivity contribution in [1.29, 1.82) is 0 Å². The summed E-state index contributed by atoms with van der Waals surface area (Å²) in [4.78, 5) is 2.70. The molecule has 1 unspecified atom stereocenters. The van der Waals surface area contributed by atoms with Crippen LogP contribution in [0, 0.1) is 23.2 Å². The predicted octanol–water partition coefficient (Wildman–Crippen LogP) is 2.39. The molecule has 92 valence electrons. The van der Waals surface area contributed by atoms with Crippen molar-refractivity contribution in [2.24, 2.45) is 23.2 Å². The van der Waals surface area contributed by atoms with Crippen LogP contribution in [0.25, 0.3) is 0 Å². The second kappa shape index (κ2) is 3.71. The molecule has 3 fully saturated rings. The molecule has 0 radical (unpaired) electrons. The largest absolute Gasteiger partial charge is 0.378 e. The lowest BCUT2D eigenvalue weighted by Crippen LogP contribution is -2.33. The Labute approximate surface area is 99.3 Å². The molecule has 0 aromatic heterocycles. The third-order valence-corrected chi connectivity index (χ3v) is 4.94. The molecule has 1 aliphatic heterocycles. The summed E-state index contributed by atoms with van der Waals surface area (Å²) in [5.74, 6) is 3.11. The molecule has 0 bridgehead atoms. The average molecular weight is 223 g/mol. The van der Waals surface area contributed by atoms with Crippen molar-refractivity contribution in [3.63, 3.8) is 0 Å². The Morgan fingerprint density at radius 2 is 1.88 bits per heavy atom. The summed E-state index contributed by atoms with van der Waals surface area (Å²) in [6, 6.07) is 0. The van der Waals surface area contributed by atoms with Gasteiger partial charge in [-0.2, -0.15) is 0 Å². The first-order valence-corrected chi connectivity index (χ1v) is 6.94. The number of piperidine rings is 1. The first-order valence-electron chi connectivity index (χ1n) is 6.94. The smallest absolute Gasteiger partial charge is 0.0538 e. The molecule has 3 atom stereocenters. The minimum absolute atomic E-state index is 0.393. The second-order valence-electron chi connectivity index (χ2n) is 6.74. The van der Waals surface area contributed by atoms with E-state index in [2.05, 4.69) is 25.7 Å². The fraction of sp³-hybridized carbons (Fsp3) is 1.00. The first kappa shape index (κ1) is 11.0. The molecular weight excluding hydrogens is 198 g/mol. The fourth-order valence-electron chi connectivity index (χ4n) is 3.38. The number of nitrogens with zero attached hydrogens (tertiary/aromatic N) is 1. The van der Waals surface area contributed by atoms with E-state index in [1.807, 2.05) is 0 Å². The molecule has 16 heavy (non-hydrogen) atoms. The van der Waals surface area contributed by atoms with E-state index >= 15 is 0 Å². The number of fused-ring (bicyclic) bond motifs is 1. The van der Waals surface area contributed by atoms with Crippen LogP contribution >= 0.6 is 0 Å². The van der Waals surface area contributed by atoms with E-state index in [1.165, 1.54) is 32.5 Å². The Hall–Kier alpha value is -0.0800. The minimum atomic E-state index is 0.393. The highest BCUT2D eigenvalue weighted by Gasteiger charge is 2.54. The van der Waals surface area contributed by atoms with Crippen LogP contribution in [0.3, 0.4) is 0 Å². The van der Waals surface area contributed by atoms with Crippen LogP contribution in [0.15, 0.2) is 0 Å². The molecule has 2 saturated carbocycles. The zero-order chi connectivity index (χ0) is 11.3. The van der Waals surface area contributed by atoms with Gasteiger partial charge < -0.3 is 9.64 Å². The number of likely N-dealkylation sites (tertiary alicyclic amines) is 1. The van der Waals surface area contributed by atoms with E-state index in [4.69, 9.17) is 4.74 Å². The van der Waals surface area contributed by atoms with Gasteiger partial charge in [-0.3, -0.25) is 0 Å². The van der Waals surface area contributed by atoms with Gasteiger partial charge in [0.25, 0.3) is 0 Å². The summed E-state index contributed by atoms with van der Waals surface area (Å²) in [5, 5.41) is 0. The van der Waals surface area contributed by atoms with Gasteiger partial charge in [0.15, 0.2) is 0 Å². The Morgan fingerprint density at radius 1 is 1.25 bits per heavy atom. The van der Waals surface area contributed by atoms with Crippen molar-refractivity contribution in [3.05, 3.63) is 0 Å². The van der Waals surface area contributed by atoms with Gasteiger partial charge in [0.2, 0.25) is 0 Å². The third kappa shape index (κ3) is 2.02. The van der Waals surface area contributed by atoms with Gasteiger partial charge in [0.05, 0.1) is 12.7 Å². The Morgan fingerprint density at radius 3 is 2.38 bits per heavy atom. The minimum Gasteiger partial charge on any atom is -0.378 e. The Kier molecular flexibility index (Phi) is 2.56. The maximum Gasteiger partial charge on any atom is 0.0538 e. The van der Waals surface area contributed by atoms with E-state index in [0.29, 0.717) is 11.5 Å². The van der Waals surface area contributed by atoms with Crippen molar-refractivity contribution in [2.45, 2.75) is 39.7 Å². The quantitative estimate of drug-likeness (QED) is 0.709. The molecule has 0 aromatic rings. The van der Waals surface area contributed by atoms with E-state index < -0.39 is 0 Å². The summed E-state index contributed by atoms with van der Waals surface area (Å²) < 4.78 is 5.81. The highest BCUT2D eigenvalue weighted by Crippen LogP contribution is 2.54. The average Bonchev–Trinajstić information content (AvgIpc) is 3.04. The molecule has 0 spiro atoms. The van der Waals surface area contributed by atoms with Crippen LogP contribution < -0.4 is 0 Å².